The number of hydrogen-bond acceptors (Lipinski definition) is 2. The normalized spacial score (nSPS) is 10.5. The van der Waals surface area contributed by atoms with Crippen molar-refractivity contribution >= 4 is 5.91 Å². The van der Waals surface area contributed by atoms with Crippen LogP contribution in [0.15, 0.2) is 0 Å². The van der Waals surface area contributed by atoms with E-state index in [2.05, 4.69) is 31.0 Å². The van der Waals surface area contributed by atoms with E-state index < -0.39 is 0 Å². The molecular weight excluding hydrogens is 164 g/mol. The number of amides is 1. The monoisotopic (exact) mass is 186 g/mol. The third-order valence-corrected chi connectivity index (χ3v) is 2.12. The Kier molecular flexibility index (Phi) is 7.69. The molecule has 0 atom stereocenters. The minimum absolute atomic E-state index is 0.175. The maximum atomic E-state index is 11.2. The molecule has 0 saturated carbocycles. The van der Waals surface area contributed by atoms with E-state index in [4.69, 9.17) is 0 Å². The van der Waals surface area contributed by atoms with Crippen LogP contribution in [0.2, 0.25) is 0 Å². The van der Waals surface area contributed by atoms with Crippen molar-refractivity contribution < 1.29 is 4.79 Å². The van der Waals surface area contributed by atoms with Crippen LogP contribution < -0.4 is 5.32 Å². The van der Waals surface area contributed by atoms with Crippen LogP contribution in [-0.2, 0) is 4.79 Å². The summed E-state index contributed by atoms with van der Waals surface area (Å²) in [7, 11) is 0. The van der Waals surface area contributed by atoms with Gasteiger partial charge in [-0.05, 0) is 19.5 Å². The van der Waals surface area contributed by atoms with Crippen LogP contribution in [0, 0.1) is 0 Å². The highest BCUT2D eigenvalue weighted by molar-refractivity contribution is 5.75. The molecule has 1 N–H and O–H groups in total. The number of rotatable bonds is 7. The molecule has 0 radical (unpaired) electrons. The molecule has 0 saturated heterocycles. The zero-order chi connectivity index (χ0) is 10.1. The summed E-state index contributed by atoms with van der Waals surface area (Å²) in [5, 5.41) is 2.87. The molecule has 0 spiro atoms. The lowest BCUT2D eigenvalue weighted by Crippen LogP contribution is -2.31. The summed E-state index contributed by atoms with van der Waals surface area (Å²) >= 11 is 0. The third kappa shape index (κ3) is 6.58. The van der Waals surface area contributed by atoms with Gasteiger partial charge in [0.05, 0.1) is 0 Å². The van der Waals surface area contributed by atoms with Gasteiger partial charge in [-0.15, -0.1) is 0 Å². The first-order valence-electron chi connectivity index (χ1n) is 5.23. The van der Waals surface area contributed by atoms with Crippen molar-refractivity contribution in [1.82, 2.24) is 10.2 Å². The van der Waals surface area contributed by atoms with Gasteiger partial charge in [-0.25, -0.2) is 0 Å². The lowest BCUT2D eigenvalue weighted by Gasteiger charge is -2.17. The van der Waals surface area contributed by atoms with Gasteiger partial charge in [-0.3, -0.25) is 4.79 Å². The quantitative estimate of drug-likeness (QED) is 0.649. The number of nitrogens with zero attached hydrogens (tertiary/aromatic N) is 1. The summed E-state index contributed by atoms with van der Waals surface area (Å²) in [5.74, 6) is 0.175. The van der Waals surface area contributed by atoms with E-state index in [-0.39, 0.29) is 5.91 Å². The van der Waals surface area contributed by atoms with Crippen molar-refractivity contribution in [2.24, 2.45) is 0 Å². The van der Waals surface area contributed by atoms with Crippen LogP contribution in [-0.4, -0.2) is 37.0 Å². The molecule has 0 rings (SSSR count). The van der Waals surface area contributed by atoms with Gasteiger partial charge in [0.25, 0.3) is 0 Å². The van der Waals surface area contributed by atoms with Crippen molar-refractivity contribution in [3.63, 3.8) is 0 Å². The Hall–Kier alpha value is -0.570. The van der Waals surface area contributed by atoms with Gasteiger partial charge in [0.15, 0.2) is 0 Å². The first-order chi connectivity index (χ1) is 6.24. The first-order valence-corrected chi connectivity index (χ1v) is 5.23. The van der Waals surface area contributed by atoms with E-state index in [1.54, 1.807) is 0 Å². The number of nitrogens with one attached hydrogen (secondary N) is 1. The summed E-state index contributed by atoms with van der Waals surface area (Å²) in [4.78, 5) is 13.5. The molecule has 3 heteroatoms. The maximum Gasteiger partial charge on any atom is 0.221 e. The van der Waals surface area contributed by atoms with E-state index >= 15 is 0 Å². The summed E-state index contributed by atoms with van der Waals surface area (Å²) in [6, 6.07) is 0. The molecule has 78 valence electrons. The summed E-state index contributed by atoms with van der Waals surface area (Å²) in [5.41, 5.74) is 0. The molecule has 0 aliphatic carbocycles. The number of hydrogen-bond donors (Lipinski definition) is 1. The minimum Gasteiger partial charge on any atom is -0.356 e. The van der Waals surface area contributed by atoms with E-state index in [1.165, 1.54) is 0 Å². The van der Waals surface area contributed by atoms with Crippen molar-refractivity contribution in [2.45, 2.75) is 33.6 Å². The average Bonchev–Trinajstić information content (AvgIpc) is 2.16. The predicted octanol–water partition coefficient (Wildman–Crippen LogP) is 1.24. The standard InChI is InChI=1S/C10H22N2O/c1-4-8-11-10(13)7-9-12(5-2)6-3/h4-9H2,1-3H3,(H,11,13). The predicted molar refractivity (Wildman–Crippen MR) is 55.7 cm³/mol. The van der Waals surface area contributed by atoms with Crippen molar-refractivity contribution in [2.75, 3.05) is 26.2 Å². The molecule has 0 aromatic carbocycles. The van der Waals surface area contributed by atoms with Crippen molar-refractivity contribution in [3.05, 3.63) is 0 Å². The van der Waals surface area contributed by atoms with E-state index in [0.717, 1.165) is 32.6 Å². The molecule has 0 fully saturated rings. The molecule has 0 unspecified atom stereocenters. The van der Waals surface area contributed by atoms with Crippen molar-refractivity contribution in [3.8, 4) is 0 Å². The molecule has 0 aliphatic heterocycles. The zero-order valence-electron chi connectivity index (χ0n) is 9.10. The lowest BCUT2D eigenvalue weighted by atomic mass is 10.3. The Bertz CT molecular complexity index is 133. The van der Waals surface area contributed by atoms with E-state index in [0.29, 0.717) is 6.42 Å². The summed E-state index contributed by atoms with van der Waals surface area (Å²) in [6.45, 7) is 10.0. The van der Waals surface area contributed by atoms with Crippen LogP contribution >= 0.6 is 0 Å². The fourth-order valence-corrected chi connectivity index (χ4v) is 1.15. The Morgan fingerprint density at radius 3 is 2.31 bits per heavy atom. The van der Waals surface area contributed by atoms with Gasteiger partial charge in [0.1, 0.15) is 0 Å². The second kappa shape index (κ2) is 8.05. The van der Waals surface area contributed by atoms with Gasteiger partial charge in [-0.2, -0.15) is 0 Å². The van der Waals surface area contributed by atoms with Gasteiger partial charge in [0.2, 0.25) is 5.91 Å². The fraction of sp³-hybridized carbons (Fsp3) is 0.900. The van der Waals surface area contributed by atoms with Crippen molar-refractivity contribution in [1.29, 1.82) is 0 Å². The molecule has 0 bridgehead atoms. The smallest absolute Gasteiger partial charge is 0.221 e. The fourth-order valence-electron chi connectivity index (χ4n) is 1.15. The van der Waals surface area contributed by atoms with Gasteiger partial charge >= 0.3 is 0 Å². The zero-order valence-corrected chi connectivity index (χ0v) is 9.10. The van der Waals surface area contributed by atoms with E-state index in [9.17, 15) is 4.79 Å². The molecule has 0 aromatic rings. The lowest BCUT2D eigenvalue weighted by molar-refractivity contribution is -0.121. The minimum atomic E-state index is 0.175. The first kappa shape index (κ1) is 12.4. The third-order valence-electron chi connectivity index (χ3n) is 2.12. The summed E-state index contributed by atoms with van der Waals surface area (Å²) in [6.07, 6.45) is 1.64. The summed E-state index contributed by atoms with van der Waals surface area (Å²) < 4.78 is 0. The van der Waals surface area contributed by atoms with Crippen LogP contribution in [0.5, 0.6) is 0 Å². The Morgan fingerprint density at radius 1 is 1.23 bits per heavy atom. The van der Waals surface area contributed by atoms with Crippen LogP contribution in [0.4, 0.5) is 0 Å². The molecule has 0 heterocycles. The van der Waals surface area contributed by atoms with Crippen LogP contribution in [0.3, 0.4) is 0 Å². The number of carbonyl (C=O) groups is 1. The Balaban J connectivity index is 3.44. The largest absolute Gasteiger partial charge is 0.356 e. The average molecular weight is 186 g/mol. The molecule has 0 aliphatic rings. The topological polar surface area (TPSA) is 32.3 Å². The van der Waals surface area contributed by atoms with E-state index in [1.807, 2.05) is 0 Å². The van der Waals surface area contributed by atoms with Crippen LogP contribution in [0.1, 0.15) is 33.6 Å². The second-order valence-electron chi connectivity index (χ2n) is 3.13. The molecule has 1 amide bonds. The van der Waals surface area contributed by atoms with Crippen LogP contribution in [0.25, 0.3) is 0 Å². The highest BCUT2D eigenvalue weighted by atomic mass is 16.1. The Morgan fingerprint density at radius 2 is 1.85 bits per heavy atom. The number of carbonyl (C=O) groups excluding carboxylic acids is 1. The second-order valence-corrected chi connectivity index (χ2v) is 3.13. The molecule has 13 heavy (non-hydrogen) atoms. The van der Waals surface area contributed by atoms with Gasteiger partial charge < -0.3 is 10.2 Å². The SMILES string of the molecule is CCCNC(=O)CCN(CC)CC. The maximum absolute atomic E-state index is 11.2. The van der Waals surface area contributed by atoms with Gasteiger partial charge in [-0.1, -0.05) is 20.8 Å². The molecular formula is C10H22N2O. The highest BCUT2D eigenvalue weighted by Crippen LogP contribution is 1.90. The molecule has 3 nitrogen and oxygen atoms in total. The Labute approximate surface area is 81.5 Å². The molecule has 0 aromatic heterocycles. The van der Waals surface area contributed by atoms with Gasteiger partial charge in [0, 0.05) is 19.5 Å². The highest BCUT2D eigenvalue weighted by Gasteiger charge is 2.03.